The summed E-state index contributed by atoms with van der Waals surface area (Å²) in [5.74, 6) is 0.500. The molecule has 1 fully saturated rings. The van der Waals surface area contributed by atoms with Crippen LogP contribution in [-0.2, 0) is 4.74 Å². The van der Waals surface area contributed by atoms with E-state index in [2.05, 4.69) is 20.5 Å². The number of ether oxygens (including phenoxy) is 1. The zero-order valence-electron chi connectivity index (χ0n) is 10.9. The van der Waals surface area contributed by atoms with Gasteiger partial charge in [-0.1, -0.05) is 23.2 Å². The Morgan fingerprint density at radius 3 is 2.85 bits per heavy atom. The third-order valence-electron chi connectivity index (χ3n) is 2.86. The second kappa shape index (κ2) is 7.95. The minimum atomic E-state index is 0.440. The van der Waals surface area contributed by atoms with Crippen molar-refractivity contribution in [1.29, 1.82) is 0 Å². The van der Waals surface area contributed by atoms with Gasteiger partial charge in [0.25, 0.3) is 0 Å². The van der Waals surface area contributed by atoms with Crippen LogP contribution in [0.2, 0.25) is 10.0 Å². The number of pyridine rings is 1. The molecule has 0 aromatic carbocycles. The van der Waals surface area contributed by atoms with Crippen molar-refractivity contribution in [1.82, 2.24) is 15.2 Å². The molecule has 2 rings (SSSR count). The molecule has 2 heterocycles. The van der Waals surface area contributed by atoms with E-state index >= 15 is 0 Å². The molecule has 110 valence electrons. The molecular formula is C12H16Cl2N4OS. The Hall–Kier alpha value is -0.660. The molecule has 0 aliphatic carbocycles. The van der Waals surface area contributed by atoms with Crippen molar-refractivity contribution in [3.63, 3.8) is 0 Å². The highest BCUT2D eigenvalue weighted by molar-refractivity contribution is 7.80. The number of rotatable bonds is 4. The molecule has 0 spiro atoms. The minimum Gasteiger partial charge on any atom is -0.379 e. The highest BCUT2D eigenvalue weighted by Gasteiger charge is 2.10. The van der Waals surface area contributed by atoms with E-state index in [1.807, 2.05) is 0 Å². The molecule has 1 aliphatic rings. The molecule has 1 saturated heterocycles. The smallest absolute Gasteiger partial charge is 0.172 e. The Morgan fingerprint density at radius 2 is 2.15 bits per heavy atom. The SMILES string of the molecule is S=C(NCCN1CCOCC1)Nc1ncc(Cl)cc1Cl. The fourth-order valence-corrected chi connectivity index (χ4v) is 2.44. The molecule has 8 heteroatoms. The normalized spacial score (nSPS) is 15.9. The third-order valence-corrected chi connectivity index (χ3v) is 3.60. The van der Waals surface area contributed by atoms with E-state index in [-0.39, 0.29) is 0 Å². The van der Waals surface area contributed by atoms with Crippen molar-refractivity contribution >= 4 is 46.4 Å². The summed E-state index contributed by atoms with van der Waals surface area (Å²) in [4.78, 5) is 6.41. The number of anilines is 1. The summed E-state index contributed by atoms with van der Waals surface area (Å²) in [6.07, 6.45) is 1.52. The van der Waals surface area contributed by atoms with Gasteiger partial charge in [0, 0.05) is 32.4 Å². The average Bonchev–Trinajstić information content (AvgIpc) is 2.43. The lowest BCUT2D eigenvalue weighted by Crippen LogP contribution is -2.42. The molecule has 0 amide bonds. The predicted octanol–water partition coefficient (Wildman–Crippen LogP) is 2.01. The van der Waals surface area contributed by atoms with Crippen molar-refractivity contribution in [2.24, 2.45) is 0 Å². The van der Waals surface area contributed by atoms with Crippen molar-refractivity contribution < 1.29 is 4.74 Å². The van der Waals surface area contributed by atoms with Gasteiger partial charge >= 0.3 is 0 Å². The predicted molar refractivity (Wildman–Crippen MR) is 85.7 cm³/mol. The van der Waals surface area contributed by atoms with Crippen LogP contribution >= 0.6 is 35.4 Å². The van der Waals surface area contributed by atoms with Crippen LogP contribution < -0.4 is 10.6 Å². The van der Waals surface area contributed by atoms with Gasteiger partial charge in [0.1, 0.15) is 0 Å². The van der Waals surface area contributed by atoms with E-state index in [9.17, 15) is 0 Å². The van der Waals surface area contributed by atoms with Crippen LogP contribution in [-0.4, -0.2) is 54.4 Å². The van der Waals surface area contributed by atoms with Gasteiger partial charge in [-0.15, -0.1) is 0 Å². The van der Waals surface area contributed by atoms with Gasteiger partial charge < -0.3 is 15.4 Å². The van der Waals surface area contributed by atoms with Gasteiger partial charge in [-0.2, -0.15) is 0 Å². The maximum Gasteiger partial charge on any atom is 0.172 e. The highest BCUT2D eigenvalue weighted by atomic mass is 35.5. The zero-order valence-corrected chi connectivity index (χ0v) is 13.2. The van der Waals surface area contributed by atoms with Gasteiger partial charge in [-0.25, -0.2) is 4.98 Å². The Balaban J connectivity index is 1.72. The molecule has 0 bridgehead atoms. The van der Waals surface area contributed by atoms with Gasteiger partial charge in [-0.3, -0.25) is 4.90 Å². The van der Waals surface area contributed by atoms with E-state index in [0.717, 1.165) is 39.4 Å². The lowest BCUT2D eigenvalue weighted by atomic mass is 10.4. The lowest BCUT2D eigenvalue weighted by Gasteiger charge is -2.26. The molecule has 1 aromatic heterocycles. The lowest BCUT2D eigenvalue weighted by molar-refractivity contribution is 0.0389. The maximum atomic E-state index is 6.01. The first-order chi connectivity index (χ1) is 9.65. The fourth-order valence-electron chi connectivity index (χ4n) is 1.81. The number of hydrogen-bond donors (Lipinski definition) is 2. The third kappa shape index (κ3) is 5.03. The Bertz CT molecular complexity index is 469. The zero-order chi connectivity index (χ0) is 14.4. The maximum absolute atomic E-state index is 6.01. The van der Waals surface area contributed by atoms with E-state index in [1.165, 1.54) is 6.20 Å². The number of thiocarbonyl (C=S) groups is 1. The monoisotopic (exact) mass is 334 g/mol. The van der Waals surface area contributed by atoms with Crippen molar-refractivity contribution in [2.45, 2.75) is 0 Å². The number of halogens is 2. The Morgan fingerprint density at radius 1 is 1.40 bits per heavy atom. The number of hydrogen-bond acceptors (Lipinski definition) is 4. The van der Waals surface area contributed by atoms with Gasteiger partial charge in [0.15, 0.2) is 10.9 Å². The van der Waals surface area contributed by atoms with E-state index in [0.29, 0.717) is 21.0 Å². The average molecular weight is 335 g/mol. The standard InChI is InChI=1S/C12H16Cl2N4OS/c13-9-7-10(14)11(16-8-9)17-12(20)15-1-2-18-3-5-19-6-4-18/h7-8H,1-6H2,(H2,15,16,17,20). The largest absolute Gasteiger partial charge is 0.379 e. The quantitative estimate of drug-likeness (QED) is 0.821. The molecular weight excluding hydrogens is 319 g/mol. The molecule has 5 nitrogen and oxygen atoms in total. The highest BCUT2D eigenvalue weighted by Crippen LogP contribution is 2.22. The summed E-state index contributed by atoms with van der Waals surface area (Å²) in [6.45, 7) is 5.21. The van der Waals surface area contributed by atoms with Crippen LogP contribution in [0.25, 0.3) is 0 Å². The summed E-state index contributed by atoms with van der Waals surface area (Å²) in [6, 6.07) is 1.62. The Kier molecular flexibility index (Phi) is 6.25. The number of morpholine rings is 1. The van der Waals surface area contributed by atoms with Gasteiger partial charge in [0.2, 0.25) is 0 Å². The van der Waals surface area contributed by atoms with Crippen molar-refractivity contribution in [3.05, 3.63) is 22.3 Å². The molecule has 0 saturated carbocycles. The summed E-state index contributed by atoms with van der Waals surface area (Å²) in [5.41, 5.74) is 0. The number of aromatic nitrogens is 1. The van der Waals surface area contributed by atoms with E-state index < -0.39 is 0 Å². The first-order valence-electron chi connectivity index (χ1n) is 6.31. The summed E-state index contributed by atoms with van der Waals surface area (Å²) >= 11 is 17.0. The van der Waals surface area contributed by atoms with E-state index in [1.54, 1.807) is 6.07 Å². The second-order valence-electron chi connectivity index (χ2n) is 4.32. The minimum absolute atomic E-state index is 0.440. The van der Waals surface area contributed by atoms with Crippen molar-refractivity contribution in [2.75, 3.05) is 44.7 Å². The second-order valence-corrected chi connectivity index (χ2v) is 5.57. The molecule has 20 heavy (non-hydrogen) atoms. The fraction of sp³-hybridized carbons (Fsp3) is 0.500. The van der Waals surface area contributed by atoms with Crippen LogP contribution in [0.5, 0.6) is 0 Å². The van der Waals surface area contributed by atoms with E-state index in [4.69, 9.17) is 40.2 Å². The first-order valence-corrected chi connectivity index (χ1v) is 7.47. The summed E-state index contributed by atoms with van der Waals surface area (Å²) in [7, 11) is 0. The van der Waals surface area contributed by atoms with Crippen molar-refractivity contribution in [3.8, 4) is 0 Å². The topological polar surface area (TPSA) is 49.4 Å². The molecule has 2 N–H and O–H groups in total. The first kappa shape index (κ1) is 15.7. The molecule has 0 unspecified atom stereocenters. The molecule has 0 atom stereocenters. The van der Waals surface area contributed by atoms with Crippen LogP contribution in [0.3, 0.4) is 0 Å². The number of nitrogens with zero attached hydrogens (tertiary/aromatic N) is 2. The summed E-state index contributed by atoms with van der Waals surface area (Å²) < 4.78 is 5.30. The van der Waals surface area contributed by atoms with Crippen LogP contribution in [0, 0.1) is 0 Å². The number of nitrogens with one attached hydrogen (secondary N) is 2. The molecule has 1 aliphatic heterocycles. The molecule has 1 aromatic rings. The van der Waals surface area contributed by atoms with Crippen LogP contribution in [0.15, 0.2) is 12.3 Å². The Labute approximate surface area is 133 Å². The van der Waals surface area contributed by atoms with Gasteiger partial charge in [0.05, 0.1) is 23.3 Å². The molecule has 0 radical (unpaired) electrons. The van der Waals surface area contributed by atoms with Crippen LogP contribution in [0.4, 0.5) is 5.82 Å². The summed E-state index contributed by atoms with van der Waals surface area (Å²) in [5, 5.41) is 7.50. The van der Waals surface area contributed by atoms with Gasteiger partial charge in [-0.05, 0) is 18.3 Å². The van der Waals surface area contributed by atoms with Crippen LogP contribution in [0.1, 0.15) is 0 Å².